The van der Waals surface area contributed by atoms with Crippen molar-refractivity contribution in [3.63, 3.8) is 0 Å². The zero-order chi connectivity index (χ0) is 33.6. The van der Waals surface area contributed by atoms with E-state index in [-0.39, 0.29) is 11.8 Å². The van der Waals surface area contributed by atoms with Gasteiger partial charge in [-0.2, -0.15) is 0 Å². The summed E-state index contributed by atoms with van der Waals surface area (Å²) in [5.41, 5.74) is 10.5. The van der Waals surface area contributed by atoms with E-state index < -0.39 is 0 Å². The van der Waals surface area contributed by atoms with Crippen molar-refractivity contribution in [3.05, 3.63) is 95.6 Å². The molecule has 3 aromatic heterocycles. The number of aromatic nitrogens is 8. The average molecular weight is 641 g/mol. The van der Waals surface area contributed by atoms with E-state index in [0.717, 1.165) is 55.1 Å². The lowest BCUT2D eigenvalue weighted by Crippen LogP contribution is -2.03. The van der Waals surface area contributed by atoms with Gasteiger partial charge in [-0.05, 0) is 34.4 Å². The molecule has 0 atom stereocenters. The Morgan fingerprint density at radius 3 is 1.22 bits per heavy atom. The Hall–Kier alpha value is -5.76. The third kappa shape index (κ3) is 4.50. The molecule has 0 amide bonds. The first kappa shape index (κ1) is 29.4. The van der Waals surface area contributed by atoms with Gasteiger partial charge in [0.15, 0.2) is 23.3 Å². The summed E-state index contributed by atoms with van der Waals surface area (Å²) in [6, 6.07) is 26.9. The van der Waals surface area contributed by atoms with Crippen molar-refractivity contribution >= 4 is 44.1 Å². The molecule has 49 heavy (non-hydrogen) atoms. The van der Waals surface area contributed by atoms with Gasteiger partial charge in [-0.15, -0.1) is 0 Å². The quantitative estimate of drug-likeness (QED) is 0.199. The second-order valence-electron chi connectivity index (χ2n) is 13.9. The highest BCUT2D eigenvalue weighted by Crippen LogP contribution is 2.43. The Morgan fingerprint density at radius 2 is 0.796 bits per heavy atom. The maximum atomic E-state index is 5.36. The van der Waals surface area contributed by atoms with E-state index in [1.807, 2.05) is 36.4 Å². The molecular weight excluding hydrogens is 605 g/mol. The van der Waals surface area contributed by atoms with Crippen molar-refractivity contribution in [2.24, 2.45) is 0 Å². The van der Waals surface area contributed by atoms with Crippen LogP contribution in [0.2, 0.25) is 0 Å². The number of aromatic amines is 2. The van der Waals surface area contributed by atoms with Gasteiger partial charge >= 0.3 is 0 Å². The molecule has 8 bridgehead atoms. The first-order chi connectivity index (χ1) is 23.8. The van der Waals surface area contributed by atoms with Crippen molar-refractivity contribution in [1.82, 2.24) is 39.9 Å². The SMILES string of the molecule is CC(C)c1cc(C(C)C)c2c3nc4nc(nc5[nH]c(nc6nc(nc([nH]3)c2c1C(C)C)-c1ccccc1-6)c1ccccc51)-c1ccccc1-4. The molecule has 2 aliphatic rings. The van der Waals surface area contributed by atoms with Crippen LogP contribution in [0.4, 0.5) is 0 Å². The zero-order valence-electron chi connectivity index (χ0n) is 28.4. The third-order valence-electron chi connectivity index (χ3n) is 9.75. The van der Waals surface area contributed by atoms with Crippen molar-refractivity contribution in [3.8, 4) is 45.6 Å². The minimum Gasteiger partial charge on any atom is -0.324 e. The monoisotopic (exact) mass is 640 g/mol. The summed E-state index contributed by atoms with van der Waals surface area (Å²) >= 11 is 0. The molecule has 8 heteroatoms. The minimum absolute atomic E-state index is 0.251. The average Bonchev–Trinajstić information content (AvgIpc) is 3.83. The molecule has 240 valence electrons. The fourth-order valence-electron chi connectivity index (χ4n) is 7.47. The molecule has 2 aliphatic heterocycles. The fraction of sp³-hybridized carbons (Fsp3) is 0.220. The molecule has 7 aromatic rings. The van der Waals surface area contributed by atoms with Crippen LogP contribution < -0.4 is 0 Å². The predicted molar refractivity (Wildman–Crippen MR) is 198 cm³/mol. The third-order valence-corrected chi connectivity index (χ3v) is 9.75. The summed E-state index contributed by atoms with van der Waals surface area (Å²) in [6.07, 6.45) is 0. The lowest BCUT2D eigenvalue weighted by Gasteiger charge is -2.21. The number of nitrogens with zero attached hydrogens (tertiary/aromatic N) is 6. The molecule has 9 rings (SSSR count). The Labute approximate surface area is 283 Å². The number of hydrogen-bond acceptors (Lipinski definition) is 6. The number of benzene rings is 4. The summed E-state index contributed by atoms with van der Waals surface area (Å²) in [6.45, 7) is 13.6. The van der Waals surface area contributed by atoms with Crippen LogP contribution in [0.15, 0.2) is 78.9 Å². The molecular formula is C41H36N8. The van der Waals surface area contributed by atoms with Crippen molar-refractivity contribution in [2.75, 3.05) is 0 Å². The Balaban J connectivity index is 1.55. The second-order valence-corrected chi connectivity index (χ2v) is 13.9. The summed E-state index contributed by atoms with van der Waals surface area (Å²) in [4.78, 5) is 38.3. The van der Waals surface area contributed by atoms with E-state index >= 15 is 0 Å². The van der Waals surface area contributed by atoms with Gasteiger partial charge in [-0.3, -0.25) is 0 Å². The zero-order valence-corrected chi connectivity index (χ0v) is 28.4. The fourth-order valence-corrected chi connectivity index (χ4v) is 7.47. The first-order valence-corrected chi connectivity index (χ1v) is 17.1. The highest BCUT2D eigenvalue weighted by atomic mass is 15.1. The van der Waals surface area contributed by atoms with Crippen LogP contribution in [0.3, 0.4) is 0 Å². The first-order valence-electron chi connectivity index (χ1n) is 17.1. The highest BCUT2D eigenvalue weighted by Gasteiger charge is 2.26. The van der Waals surface area contributed by atoms with Crippen molar-refractivity contribution in [1.29, 1.82) is 0 Å². The van der Waals surface area contributed by atoms with Crippen LogP contribution in [-0.4, -0.2) is 39.9 Å². The molecule has 0 fully saturated rings. The summed E-state index contributed by atoms with van der Waals surface area (Å²) in [5, 5.41) is 4.09. The van der Waals surface area contributed by atoms with Crippen LogP contribution >= 0.6 is 0 Å². The van der Waals surface area contributed by atoms with E-state index in [1.54, 1.807) is 0 Å². The smallest absolute Gasteiger partial charge is 0.164 e. The number of H-pyrrole nitrogens is 2. The molecule has 0 radical (unpaired) electrons. The number of nitrogens with one attached hydrogen (secondary N) is 2. The maximum absolute atomic E-state index is 5.36. The van der Waals surface area contributed by atoms with Gasteiger partial charge in [-0.25, -0.2) is 29.9 Å². The highest BCUT2D eigenvalue weighted by molar-refractivity contribution is 6.10. The van der Waals surface area contributed by atoms with Crippen LogP contribution in [0.25, 0.3) is 89.7 Å². The van der Waals surface area contributed by atoms with Gasteiger partial charge in [0.05, 0.1) is 0 Å². The van der Waals surface area contributed by atoms with Gasteiger partial charge < -0.3 is 9.97 Å². The Morgan fingerprint density at radius 1 is 0.408 bits per heavy atom. The molecule has 0 unspecified atom stereocenters. The summed E-state index contributed by atoms with van der Waals surface area (Å²) in [5.74, 6) is 3.28. The molecule has 0 saturated heterocycles. The van der Waals surface area contributed by atoms with Gasteiger partial charge in [-0.1, -0.05) is 120 Å². The molecule has 8 nitrogen and oxygen atoms in total. The van der Waals surface area contributed by atoms with Gasteiger partial charge in [0.2, 0.25) is 0 Å². The van der Waals surface area contributed by atoms with Crippen LogP contribution in [-0.2, 0) is 0 Å². The number of fused-ring (bicyclic) bond motifs is 20. The normalized spacial score (nSPS) is 12.4. The van der Waals surface area contributed by atoms with E-state index in [1.165, 1.54) is 16.7 Å². The van der Waals surface area contributed by atoms with Gasteiger partial charge in [0.25, 0.3) is 0 Å². The number of hydrogen-bond donors (Lipinski definition) is 2. The standard InChI is InChI=1S/C41H36N8/c1-20(2)29-19-30(21(3)4)32-33(31(29)22(5)6)41-48-39-28-18-12-10-16-26(28)37(46-39)44-35-24-14-8-7-13-23(24)34(42-35)43-36-25-15-9-11-17-27(25)38(45-36)47-40(32)49-41/h7-22H,1-6H3,(H2,42,43,44,45,46,47,48,49). The molecule has 0 aliphatic carbocycles. The van der Waals surface area contributed by atoms with E-state index in [9.17, 15) is 0 Å². The minimum atomic E-state index is 0.251. The van der Waals surface area contributed by atoms with Crippen LogP contribution in [0.5, 0.6) is 0 Å². The van der Waals surface area contributed by atoms with Gasteiger partial charge in [0.1, 0.15) is 22.6 Å². The van der Waals surface area contributed by atoms with Crippen LogP contribution in [0, 0.1) is 0 Å². The second kappa shape index (κ2) is 10.9. The van der Waals surface area contributed by atoms with Crippen LogP contribution in [0.1, 0.15) is 76.0 Å². The maximum Gasteiger partial charge on any atom is 0.164 e. The summed E-state index contributed by atoms with van der Waals surface area (Å²) < 4.78 is 0. The lowest BCUT2D eigenvalue weighted by atomic mass is 9.83. The van der Waals surface area contributed by atoms with E-state index in [0.29, 0.717) is 40.5 Å². The topological polar surface area (TPSA) is 109 Å². The largest absolute Gasteiger partial charge is 0.324 e. The number of rotatable bonds is 3. The Bertz CT molecular complexity index is 2660. The lowest BCUT2D eigenvalue weighted by molar-refractivity contribution is 0.789. The van der Waals surface area contributed by atoms with Crippen molar-refractivity contribution < 1.29 is 0 Å². The predicted octanol–water partition coefficient (Wildman–Crippen LogP) is 10.2. The summed E-state index contributed by atoms with van der Waals surface area (Å²) in [7, 11) is 0. The molecule has 0 spiro atoms. The van der Waals surface area contributed by atoms with E-state index in [4.69, 9.17) is 29.9 Å². The molecule has 2 N–H and O–H groups in total. The molecule has 4 aromatic carbocycles. The van der Waals surface area contributed by atoms with Crippen molar-refractivity contribution in [2.45, 2.75) is 59.3 Å². The molecule has 0 saturated carbocycles. The van der Waals surface area contributed by atoms with Gasteiger partial charge in [0, 0.05) is 43.8 Å². The van der Waals surface area contributed by atoms with E-state index in [2.05, 4.69) is 94.0 Å². The molecule has 5 heterocycles. The Kier molecular flexibility index (Phi) is 6.53.